The van der Waals surface area contributed by atoms with Crippen molar-refractivity contribution in [2.45, 2.75) is 26.5 Å². The molecule has 17 heavy (non-hydrogen) atoms. The topological polar surface area (TPSA) is 50.9 Å². The largest absolute Gasteiger partial charge is 0.390 e. The molecule has 0 bridgehead atoms. The number of hydrogen-bond donors (Lipinski definition) is 1. The van der Waals surface area contributed by atoms with Gasteiger partial charge in [0.1, 0.15) is 11.5 Å². The molecule has 0 saturated heterocycles. The molecule has 0 aliphatic rings. The van der Waals surface area contributed by atoms with Gasteiger partial charge in [0.2, 0.25) is 0 Å². The second kappa shape index (κ2) is 5.05. The van der Waals surface area contributed by atoms with Gasteiger partial charge in [-0.2, -0.15) is 0 Å². The maximum Gasteiger partial charge on any atom is 0.128 e. The van der Waals surface area contributed by atoms with Gasteiger partial charge in [0.25, 0.3) is 0 Å². The molecule has 0 unspecified atom stereocenters. The number of hydrogen-bond acceptors (Lipinski definition) is 3. The lowest BCUT2D eigenvalue weighted by molar-refractivity contribution is 0.275. The third-order valence-electron chi connectivity index (χ3n) is 2.68. The molecule has 1 aromatic heterocycles. The number of benzene rings is 1. The van der Waals surface area contributed by atoms with Crippen molar-refractivity contribution in [2.24, 2.45) is 0 Å². The summed E-state index contributed by atoms with van der Waals surface area (Å²) in [4.78, 5) is 0. The third-order valence-corrected chi connectivity index (χ3v) is 2.68. The van der Waals surface area contributed by atoms with Crippen LogP contribution in [0.15, 0.2) is 24.3 Å². The normalized spacial score (nSPS) is 10.8. The average molecular weight is 235 g/mol. The van der Waals surface area contributed by atoms with Gasteiger partial charge in [-0.15, -0.1) is 5.10 Å². The molecule has 1 heterocycles. The molecule has 0 amide bonds. The molecule has 4 nitrogen and oxygen atoms in total. The van der Waals surface area contributed by atoms with Crippen LogP contribution < -0.4 is 0 Å². The van der Waals surface area contributed by atoms with Crippen molar-refractivity contribution in [3.8, 4) is 0 Å². The Kier molecular flexibility index (Phi) is 3.49. The highest BCUT2D eigenvalue weighted by molar-refractivity contribution is 5.19. The van der Waals surface area contributed by atoms with E-state index in [1.807, 2.05) is 6.92 Å². The Morgan fingerprint density at radius 2 is 2.12 bits per heavy atom. The van der Waals surface area contributed by atoms with Crippen LogP contribution in [0.1, 0.15) is 23.9 Å². The smallest absolute Gasteiger partial charge is 0.128 e. The minimum absolute atomic E-state index is 0.138. The molecular weight excluding hydrogens is 221 g/mol. The first kappa shape index (κ1) is 11.7. The van der Waals surface area contributed by atoms with Gasteiger partial charge in [-0.25, -0.2) is 9.07 Å². The molecule has 5 heteroatoms. The van der Waals surface area contributed by atoms with Gasteiger partial charge >= 0.3 is 0 Å². The summed E-state index contributed by atoms with van der Waals surface area (Å²) in [5.74, 6) is -0.254. The SMILES string of the molecule is CCc1c(CO)nnn1Cc1ccccc1F. The van der Waals surface area contributed by atoms with E-state index in [2.05, 4.69) is 10.3 Å². The van der Waals surface area contributed by atoms with E-state index in [-0.39, 0.29) is 12.4 Å². The first-order valence-electron chi connectivity index (χ1n) is 5.51. The highest BCUT2D eigenvalue weighted by atomic mass is 19.1. The minimum Gasteiger partial charge on any atom is -0.390 e. The van der Waals surface area contributed by atoms with Gasteiger partial charge in [0.15, 0.2) is 0 Å². The van der Waals surface area contributed by atoms with Crippen LogP contribution >= 0.6 is 0 Å². The Balaban J connectivity index is 2.30. The molecule has 1 aromatic carbocycles. The van der Waals surface area contributed by atoms with Crippen LogP contribution in [-0.2, 0) is 19.6 Å². The number of aliphatic hydroxyl groups is 1. The molecule has 2 aromatic rings. The van der Waals surface area contributed by atoms with Crippen LogP contribution in [0, 0.1) is 5.82 Å². The number of aromatic nitrogens is 3. The summed E-state index contributed by atoms with van der Waals surface area (Å²) < 4.78 is 15.1. The lowest BCUT2D eigenvalue weighted by Crippen LogP contribution is -2.08. The second-order valence-corrected chi connectivity index (χ2v) is 3.74. The Hall–Kier alpha value is -1.75. The maximum absolute atomic E-state index is 13.5. The molecule has 0 aliphatic heterocycles. The van der Waals surface area contributed by atoms with Crippen LogP contribution in [0.2, 0.25) is 0 Å². The van der Waals surface area contributed by atoms with E-state index in [1.54, 1.807) is 22.9 Å². The predicted octanol–water partition coefficient (Wildman–Crippen LogP) is 1.52. The highest BCUT2D eigenvalue weighted by Crippen LogP contribution is 2.12. The van der Waals surface area contributed by atoms with E-state index in [0.29, 0.717) is 24.2 Å². The molecule has 0 saturated carbocycles. The van der Waals surface area contributed by atoms with Crippen LogP contribution in [0.4, 0.5) is 4.39 Å². The zero-order chi connectivity index (χ0) is 12.3. The lowest BCUT2D eigenvalue weighted by atomic mass is 10.2. The maximum atomic E-state index is 13.5. The zero-order valence-corrected chi connectivity index (χ0v) is 9.60. The molecule has 1 N–H and O–H groups in total. The quantitative estimate of drug-likeness (QED) is 0.874. The fourth-order valence-electron chi connectivity index (χ4n) is 1.79. The zero-order valence-electron chi connectivity index (χ0n) is 9.60. The number of halogens is 1. The lowest BCUT2D eigenvalue weighted by Gasteiger charge is -2.06. The third kappa shape index (κ3) is 2.34. The van der Waals surface area contributed by atoms with E-state index in [4.69, 9.17) is 5.11 Å². The van der Waals surface area contributed by atoms with Crippen molar-refractivity contribution in [3.05, 3.63) is 47.0 Å². The van der Waals surface area contributed by atoms with Crippen molar-refractivity contribution >= 4 is 0 Å². The van der Waals surface area contributed by atoms with E-state index < -0.39 is 0 Å². The monoisotopic (exact) mass is 235 g/mol. The van der Waals surface area contributed by atoms with Crippen molar-refractivity contribution in [1.82, 2.24) is 15.0 Å². The summed E-state index contributed by atoms with van der Waals surface area (Å²) in [5, 5.41) is 16.9. The predicted molar refractivity (Wildman–Crippen MR) is 60.8 cm³/mol. The van der Waals surface area contributed by atoms with Gasteiger partial charge in [-0.3, -0.25) is 0 Å². The van der Waals surface area contributed by atoms with Crippen LogP contribution in [0.3, 0.4) is 0 Å². The van der Waals surface area contributed by atoms with Crippen LogP contribution in [-0.4, -0.2) is 20.1 Å². The number of aliphatic hydroxyl groups excluding tert-OH is 1. The number of rotatable bonds is 4. The first-order valence-corrected chi connectivity index (χ1v) is 5.51. The fraction of sp³-hybridized carbons (Fsp3) is 0.333. The summed E-state index contributed by atoms with van der Waals surface area (Å²) in [5.41, 5.74) is 1.97. The molecule has 2 rings (SSSR count). The van der Waals surface area contributed by atoms with Gasteiger partial charge in [0, 0.05) is 5.56 Å². The van der Waals surface area contributed by atoms with Crippen LogP contribution in [0.25, 0.3) is 0 Å². The van der Waals surface area contributed by atoms with Crippen molar-refractivity contribution < 1.29 is 9.50 Å². The Morgan fingerprint density at radius 3 is 2.76 bits per heavy atom. The van der Waals surface area contributed by atoms with E-state index in [1.165, 1.54) is 6.07 Å². The Labute approximate surface area is 98.7 Å². The Morgan fingerprint density at radius 1 is 1.35 bits per heavy atom. The molecule has 0 atom stereocenters. The molecule has 0 spiro atoms. The van der Waals surface area contributed by atoms with E-state index in [9.17, 15) is 4.39 Å². The summed E-state index contributed by atoms with van der Waals surface area (Å²) in [6.45, 7) is 2.15. The highest BCUT2D eigenvalue weighted by Gasteiger charge is 2.11. The second-order valence-electron chi connectivity index (χ2n) is 3.74. The summed E-state index contributed by atoms with van der Waals surface area (Å²) in [7, 11) is 0. The van der Waals surface area contributed by atoms with Crippen LogP contribution in [0.5, 0.6) is 0 Å². The minimum atomic E-state index is -0.254. The van der Waals surface area contributed by atoms with E-state index >= 15 is 0 Å². The molecule has 0 fully saturated rings. The molecule has 0 aliphatic carbocycles. The summed E-state index contributed by atoms with van der Waals surface area (Å²) in [6, 6.07) is 6.58. The van der Waals surface area contributed by atoms with Crippen molar-refractivity contribution in [2.75, 3.05) is 0 Å². The Bertz CT molecular complexity index is 510. The van der Waals surface area contributed by atoms with Gasteiger partial charge < -0.3 is 5.11 Å². The first-order chi connectivity index (χ1) is 8.26. The molecular formula is C12H14FN3O. The fourth-order valence-corrected chi connectivity index (χ4v) is 1.79. The van der Waals surface area contributed by atoms with Crippen molar-refractivity contribution in [3.63, 3.8) is 0 Å². The standard InChI is InChI=1S/C12H14FN3O/c1-2-12-11(8-17)14-15-16(12)7-9-5-3-4-6-10(9)13/h3-6,17H,2,7-8H2,1H3. The summed E-state index contributed by atoms with van der Waals surface area (Å²) in [6.07, 6.45) is 0.706. The summed E-state index contributed by atoms with van der Waals surface area (Å²) >= 11 is 0. The van der Waals surface area contributed by atoms with Gasteiger partial charge in [0.05, 0.1) is 18.8 Å². The van der Waals surface area contributed by atoms with Crippen molar-refractivity contribution in [1.29, 1.82) is 0 Å². The van der Waals surface area contributed by atoms with Gasteiger partial charge in [-0.1, -0.05) is 30.3 Å². The van der Waals surface area contributed by atoms with E-state index in [0.717, 1.165) is 5.69 Å². The number of nitrogens with zero attached hydrogens (tertiary/aromatic N) is 3. The molecule has 90 valence electrons. The van der Waals surface area contributed by atoms with Gasteiger partial charge in [-0.05, 0) is 12.5 Å². The molecule has 0 radical (unpaired) electrons. The average Bonchev–Trinajstić information content (AvgIpc) is 2.74.